The van der Waals surface area contributed by atoms with Crippen LogP contribution in [0.5, 0.6) is 0 Å². The summed E-state index contributed by atoms with van der Waals surface area (Å²) in [5, 5.41) is 12.4. The predicted octanol–water partition coefficient (Wildman–Crippen LogP) is 4.15. The Morgan fingerprint density at radius 1 is 1.24 bits per heavy atom. The topological polar surface area (TPSA) is 81.1 Å². The molecular weight excluding hydrogens is 373 g/mol. The fraction of sp³-hybridized carbons (Fsp3) is 0.524. The summed E-state index contributed by atoms with van der Waals surface area (Å²) in [7, 11) is 0. The lowest BCUT2D eigenvalue weighted by Gasteiger charge is -2.31. The Morgan fingerprint density at radius 3 is 2.79 bits per heavy atom. The molecule has 0 radical (unpaired) electrons. The average Bonchev–Trinajstić information content (AvgIpc) is 3.08. The predicted molar refractivity (Wildman–Crippen MR) is 102 cm³/mol. The smallest absolute Gasteiger partial charge is 0.247 e. The molecule has 0 N–H and O–H groups in total. The number of likely N-dealkylation sites (tertiary alicyclic amines) is 1. The molecule has 1 atom stereocenters. The lowest BCUT2D eigenvalue weighted by molar-refractivity contribution is 0.144. The molecule has 1 saturated carbocycles. The van der Waals surface area contributed by atoms with E-state index in [2.05, 4.69) is 39.1 Å². The van der Waals surface area contributed by atoms with E-state index >= 15 is 0 Å². The van der Waals surface area contributed by atoms with E-state index in [-0.39, 0.29) is 17.2 Å². The molecule has 2 aromatic heterocycles. The van der Waals surface area contributed by atoms with Gasteiger partial charge >= 0.3 is 0 Å². The largest absolute Gasteiger partial charge is 0.420 e. The van der Waals surface area contributed by atoms with Crippen molar-refractivity contribution in [2.75, 3.05) is 13.1 Å². The molecule has 5 rings (SSSR count). The molecule has 1 saturated heterocycles. The highest BCUT2D eigenvalue weighted by molar-refractivity contribution is 5.52. The third-order valence-electron chi connectivity index (χ3n) is 6.21. The maximum absolute atomic E-state index is 13.4. The zero-order chi connectivity index (χ0) is 20.0. The van der Waals surface area contributed by atoms with Gasteiger partial charge in [-0.25, -0.2) is 4.39 Å². The van der Waals surface area contributed by atoms with Gasteiger partial charge in [0.15, 0.2) is 5.82 Å². The Bertz CT molecular complexity index is 1010. The zero-order valence-corrected chi connectivity index (χ0v) is 16.6. The first-order valence-corrected chi connectivity index (χ1v) is 10.2. The highest BCUT2D eigenvalue weighted by atomic mass is 19.1. The number of nitrogens with zero attached hydrogens (tertiary/aromatic N) is 5. The van der Waals surface area contributed by atoms with Gasteiger partial charge in [-0.15, -0.1) is 10.2 Å². The van der Waals surface area contributed by atoms with Crippen molar-refractivity contribution < 1.29 is 13.3 Å². The maximum Gasteiger partial charge on any atom is 0.247 e. The number of hydrogen-bond acceptors (Lipinski definition) is 7. The van der Waals surface area contributed by atoms with Crippen molar-refractivity contribution in [2.24, 2.45) is 5.41 Å². The zero-order valence-electron chi connectivity index (χ0n) is 16.6. The fourth-order valence-corrected chi connectivity index (χ4v) is 4.28. The van der Waals surface area contributed by atoms with Crippen LogP contribution in [0.2, 0.25) is 0 Å². The molecule has 0 unspecified atom stereocenters. The molecule has 0 amide bonds. The van der Waals surface area contributed by atoms with Crippen molar-refractivity contribution >= 4 is 0 Å². The van der Waals surface area contributed by atoms with Gasteiger partial charge in [-0.2, -0.15) is 4.98 Å². The van der Waals surface area contributed by atoms with Gasteiger partial charge < -0.3 is 8.94 Å². The van der Waals surface area contributed by atoms with Crippen molar-refractivity contribution in [1.29, 1.82) is 0 Å². The lowest BCUT2D eigenvalue weighted by atomic mass is 9.91. The van der Waals surface area contributed by atoms with Crippen molar-refractivity contribution in [3.8, 4) is 11.5 Å². The van der Waals surface area contributed by atoms with E-state index in [9.17, 15) is 4.39 Å². The van der Waals surface area contributed by atoms with Gasteiger partial charge in [0.05, 0.1) is 6.54 Å². The Labute approximate surface area is 168 Å². The van der Waals surface area contributed by atoms with Crippen LogP contribution < -0.4 is 0 Å². The van der Waals surface area contributed by atoms with Gasteiger partial charge in [-0.1, -0.05) is 25.1 Å². The number of aromatic nitrogens is 4. The minimum atomic E-state index is -0.306. The fourth-order valence-electron chi connectivity index (χ4n) is 4.28. The molecule has 152 valence electrons. The number of hydrogen-bond donors (Lipinski definition) is 0. The molecule has 2 fully saturated rings. The van der Waals surface area contributed by atoms with Crippen molar-refractivity contribution in [3.05, 3.63) is 47.7 Å². The number of benzene rings is 1. The van der Waals surface area contributed by atoms with E-state index in [1.807, 2.05) is 0 Å². The molecule has 1 aromatic carbocycles. The summed E-state index contributed by atoms with van der Waals surface area (Å²) in [4.78, 5) is 6.84. The standard InChI is InChI=1S/C21H24FN5O2/c1-13(2)18-23-17(29-26-18)12-27-8-6-21(7-9-27)11-16(21)20-25-24-19(28-20)14-4-3-5-15(22)10-14/h3-5,10,13,16H,6-9,11-12H2,1-2H3/t16-/m1/s1. The number of halogens is 1. The van der Waals surface area contributed by atoms with Gasteiger partial charge in [0, 0.05) is 17.4 Å². The molecule has 8 heteroatoms. The first kappa shape index (κ1) is 18.4. The number of piperidine rings is 1. The molecule has 3 aromatic rings. The minimum Gasteiger partial charge on any atom is -0.420 e. The van der Waals surface area contributed by atoms with Crippen molar-refractivity contribution in [1.82, 2.24) is 25.2 Å². The molecule has 1 aliphatic carbocycles. The van der Waals surface area contributed by atoms with E-state index in [4.69, 9.17) is 8.94 Å². The second-order valence-corrected chi connectivity index (χ2v) is 8.55. The maximum atomic E-state index is 13.4. The minimum absolute atomic E-state index is 0.250. The first-order valence-electron chi connectivity index (χ1n) is 10.2. The van der Waals surface area contributed by atoms with Crippen LogP contribution in [0.25, 0.3) is 11.5 Å². The molecule has 7 nitrogen and oxygen atoms in total. The quantitative estimate of drug-likeness (QED) is 0.640. The summed E-state index contributed by atoms with van der Waals surface area (Å²) in [6, 6.07) is 6.25. The van der Waals surface area contributed by atoms with E-state index in [0.29, 0.717) is 35.7 Å². The molecule has 0 bridgehead atoms. The summed E-state index contributed by atoms with van der Waals surface area (Å²) in [6.45, 7) is 6.79. The van der Waals surface area contributed by atoms with Crippen LogP contribution in [0.4, 0.5) is 4.39 Å². The Hall–Kier alpha value is -2.61. The summed E-state index contributed by atoms with van der Waals surface area (Å²) in [6.07, 6.45) is 3.24. The van der Waals surface area contributed by atoms with E-state index < -0.39 is 0 Å². The van der Waals surface area contributed by atoms with Crippen molar-refractivity contribution in [3.63, 3.8) is 0 Å². The molecule has 1 spiro atoms. The van der Waals surface area contributed by atoms with E-state index in [1.165, 1.54) is 12.1 Å². The molecule has 2 aliphatic rings. The summed E-state index contributed by atoms with van der Waals surface area (Å²) < 4.78 is 24.7. The monoisotopic (exact) mass is 397 g/mol. The van der Waals surface area contributed by atoms with Crippen LogP contribution in [-0.4, -0.2) is 38.3 Å². The van der Waals surface area contributed by atoms with Gasteiger partial charge in [-0.05, 0) is 56.0 Å². The summed E-state index contributed by atoms with van der Waals surface area (Å²) in [5.41, 5.74) is 0.869. The van der Waals surface area contributed by atoms with Crippen LogP contribution >= 0.6 is 0 Å². The van der Waals surface area contributed by atoms with Crippen LogP contribution in [0.15, 0.2) is 33.2 Å². The Morgan fingerprint density at radius 2 is 2.07 bits per heavy atom. The highest BCUT2D eigenvalue weighted by Gasteiger charge is 2.58. The number of rotatable bonds is 5. The molecular formula is C21H24FN5O2. The highest BCUT2D eigenvalue weighted by Crippen LogP contribution is 2.64. The summed E-state index contributed by atoms with van der Waals surface area (Å²) in [5.74, 6) is 2.79. The second-order valence-electron chi connectivity index (χ2n) is 8.55. The third-order valence-corrected chi connectivity index (χ3v) is 6.21. The lowest BCUT2D eigenvalue weighted by Crippen LogP contribution is -2.34. The molecule has 29 heavy (non-hydrogen) atoms. The van der Waals surface area contributed by atoms with E-state index in [0.717, 1.165) is 38.2 Å². The Balaban J connectivity index is 1.20. The molecule has 1 aliphatic heterocycles. The van der Waals surface area contributed by atoms with Crippen LogP contribution in [0.3, 0.4) is 0 Å². The van der Waals surface area contributed by atoms with Crippen LogP contribution in [-0.2, 0) is 6.54 Å². The normalized spacial score (nSPS) is 21.2. The van der Waals surface area contributed by atoms with Gasteiger partial charge in [-0.3, -0.25) is 4.90 Å². The SMILES string of the molecule is CC(C)c1noc(CN2CCC3(CC2)C[C@@H]3c2nnc(-c3cccc(F)c3)o2)n1. The van der Waals surface area contributed by atoms with Crippen LogP contribution in [0, 0.1) is 11.2 Å². The average molecular weight is 397 g/mol. The first-order chi connectivity index (χ1) is 14.0. The Kier molecular flexibility index (Phi) is 4.46. The van der Waals surface area contributed by atoms with E-state index in [1.54, 1.807) is 12.1 Å². The van der Waals surface area contributed by atoms with Gasteiger partial charge in [0.2, 0.25) is 17.7 Å². The van der Waals surface area contributed by atoms with Crippen LogP contribution in [0.1, 0.15) is 62.6 Å². The second kappa shape index (κ2) is 7.02. The van der Waals surface area contributed by atoms with Crippen molar-refractivity contribution in [2.45, 2.75) is 51.5 Å². The van der Waals surface area contributed by atoms with Gasteiger partial charge in [0.1, 0.15) is 5.82 Å². The molecule has 3 heterocycles. The third kappa shape index (κ3) is 3.57. The summed E-state index contributed by atoms with van der Waals surface area (Å²) >= 11 is 0. The van der Waals surface area contributed by atoms with Gasteiger partial charge in [0.25, 0.3) is 0 Å².